The number of likely N-dealkylation sites (tertiary alicyclic amines) is 1. The smallest absolute Gasteiger partial charge is 0.108 e. The maximum atomic E-state index is 9.78. The lowest BCUT2D eigenvalue weighted by Gasteiger charge is -2.40. The average molecular weight is 306 g/mol. The summed E-state index contributed by atoms with van der Waals surface area (Å²) in [4.78, 5) is 4.51. The second-order valence-corrected chi connectivity index (χ2v) is 6.61. The first-order valence-electron chi connectivity index (χ1n) is 8.20. The number of para-hydroxylation sites is 1. The highest BCUT2D eigenvalue weighted by Gasteiger charge is 2.34. The molecule has 5 nitrogen and oxygen atoms in total. The van der Waals surface area contributed by atoms with Gasteiger partial charge in [-0.3, -0.25) is 4.90 Å². The molecule has 3 N–H and O–H groups in total. The number of aliphatic hydroxyl groups is 3. The molecule has 2 aliphatic rings. The predicted octanol–water partition coefficient (Wildman–Crippen LogP) is 0.301. The quantitative estimate of drug-likeness (QED) is 0.749. The summed E-state index contributed by atoms with van der Waals surface area (Å²) in [5.41, 5.74) is 1.29. The van der Waals surface area contributed by atoms with Crippen LogP contribution in [0.3, 0.4) is 0 Å². The third kappa shape index (κ3) is 3.60. The Balaban J connectivity index is 1.48. The van der Waals surface area contributed by atoms with E-state index in [4.69, 9.17) is 0 Å². The lowest BCUT2D eigenvalue weighted by Crippen LogP contribution is -2.56. The molecule has 0 radical (unpaired) electrons. The van der Waals surface area contributed by atoms with E-state index in [1.54, 1.807) is 0 Å². The highest BCUT2D eigenvalue weighted by molar-refractivity contribution is 5.46. The van der Waals surface area contributed by atoms with Crippen molar-refractivity contribution >= 4 is 5.69 Å². The summed E-state index contributed by atoms with van der Waals surface area (Å²) in [5, 5.41) is 29.2. The molecule has 0 aliphatic carbocycles. The molecule has 3 atom stereocenters. The van der Waals surface area contributed by atoms with Gasteiger partial charge in [0.05, 0.1) is 12.2 Å². The summed E-state index contributed by atoms with van der Waals surface area (Å²) in [6.45, 7) is 3.91. The summed E-state index contributed by atoms with van der Waals surface area (Å²) in [6, 6.07) is 10.5. The number of hydrogen-bond acceptors (Lipinski definition) is 5. The maximum Gasteiger partial charge on any atom is 0.108 e. The van der Waals surface area contributed by atoms with Gasteiger partial charge in [-0.25, -0.2) is 0 Å². The molecule has 0 aromatic heterocycles. The van der Waals surface area contributed by atoms with Gasteiger partial charge in [-0.2, -0.15) is 0 Å². The Morgan fingerprint density at radius 2 is 1.50 bits per heavy atom. The number of rotatable bonds is 3. The van der Waals surface area contributed by atoms with Gasteiger partial charge in [-0.05, 0) is 30.9 Å². The SMILES string of the molecule is O[C@H]1[C@H](O)CN(CC2CCN(c3ccccc3)CC2)C[C@@H]1O. The van der Waals surface area contributed by atoms with E-state index >= 15 is 0 Å². The van der Waals surface area contributed by atoms with Crippen molar-refractivity contribution in [2.45, 2.75) is 31.2 Å². The van der Waals surface area contributed by atoms with Crippen LogP contribution in [0.4, 0.5) is 5.69 Å². The lowest BCUT2D eigenvalue weighted by atomic mass is 9.93. The van der Waals surface area contributed by atoms with Crippen LogP contribution in [-0.4, -0.2) is 71.3 Å². The second kappa shape index (κ2) is 6.96. The van der Waals surface area contributed by atoms with E-state index in [0.717, 1.165) is 32.5 Å². The van der Waals surface area contributed by atoms with Crippen molar-refractivity contribution in [1.82, 2.24) is 4.90 Å². The van der Waals surface area contributed by atoms with Crippen molar-refractivity contribution in [2.24, 2.45) is 5.92 Å². The molecular formula is C17H26N2O3. The number of β-amino-alcohol motifs (C(OH)–C–C–N with tert-alkyl or cyclic N) is 2. The minimum absolute atomic E-state index is 0.455. The number of benzene rings is 1. The summed E-state index contributed by atoms with van der Waals surface area (Å²) in [7, 11) is 0. The Hall–Kier alpha value is -1.14. The first kappa shape index (κ1) is 15.7. The summed E-state index contributed by atoms with van der Waals surface area (Å²) >= 11 is 0. The molecule has 3 rings (SSSR count). The average Bonchev–Trinajstić information content (AvgIpc) is 2.54. The van der Waals surface area contributed by atoms with Crippen molar-refractivity contribution in [3.8, 4) is 0 Å². The van der Waals surface area contributed by atoms with Crippen LogP contribution < -0.4 is 4.90 Å². The highest BCUT2D eigenvalue weighted by atomic mass is 16.4. The topological polar surface area (TPSA) is 67.2 Å². The largest absolute Gasteiger partial charge is 0.389 e. The molecular weight excluding hydrogens is 280 g/mol. The van der Waals surface area contributed by atoms with Gasteiger partial charge < -0.3 is 20.2 Å². The zero-order valence-corrected chi connectivity index (χ0v) is 12.9. The number of hydrogen-bond donors (Lipinski definition) is 3. The van der Waals surface area contributed by atoms with Crippen LogP contribution in [0.15, 0.2) is 30.3 Å². The molecule has 122 valence electrons. The molecule has 0 saturated carbocycles. The first-order valence-corrected chi connectivity index (χ1v) is 8.20. The molecule has 2 fully saturated rings. The van der Waals surface area contributed by atoms with Crippen molar-refractivity contribution in [2.75, 3.05) is 37.6 Å². The van der Waals surface area contributed by atoms with Crippen LogP contribution in [0.5, 0.6) is 0 Å². The van der Waals surface area contributed by atoms with Crippen molar-refractivity contribution in [3.05, 3.63) is 30.3 Å². The van der Waals surface area contributed by atoms with Crippen LogP contribution in [0.1, 0.15) is 12.8 Å². The third-order valence-electron chi connectivity index (χ3n) is 4.93. The Kier molecular flexibility index (Phi) is 4.98. The zero-order chi connectivity index (χ0) is 15.5. The van der Waals surface area contributed by atoms with Crippen LogP contribution in [-0.2, 0) is 0 Å². The standard InChI is InChI=1S/C17H26N2O3/c20-15-11-18(12-16(21)17(15)22)10-13-6-8-19(9-7-13)14-4-2-1-3-5-14/h1-5,13,15-17,20-22H,6-12H2/t15-,16+,17+. The number of anilines is 1. The van der Waals surface area contributed by atoms with E-state index < -0.39 is 18.3 Å². The predicted molar refractivity (Wildman–Crippen MR) is 85.8 cm³/mol. The van der Waals surface area contributed by atoms with E-state index in [0.29, 0.717) is 19.0 Å². The normalized spacial score (nSPS) is 31.4. The Morgan fingerprint density at radius 1 is 0.909 bits per heavy atom. The van der Waals surface area contributed by atoms with E-state index in [1.807, 2.05) is 6.07 Å². The number of piperidine rings is 2. The number of nitrogens with zero attached hydrogens (tertiary/aromatic N) is 2. The van der Waals surface area contributed by atoms with Gasteiger partial charge in [0.1, 0.15) is 6.10 Å². The summed E-state index contributed by atoms with van der Waals surface area (Å²) in [5.74, 6) is 0.592. The van der Waals surface area contributed by atoms with Gasteiger partial charge in [0, 0.05) is 38.4 Å². The van der Waals surface area contributed by atoms with Gasteiger partial charge >= 0.3 is 0 Å². The molecule has 22 heavy (non-hydrogen) atoms. The van der Waals surface area contributed by atoms with Crippen LogP contribution in [0.25, 0.3) is 0 Å². The molecule has 0 spiro atoms. The number of aliphatic hydroxyl groups excluding tert-OH is 3. The molecule has 2 heterocycles. The molecule has 5 heteroatoms. The maximum absolute atomic E-state index is 9.78. The van der Waals surface area contributed by atoms with Crippen LogP contribution in [0, 0.1) is 5.92 Å². The Bertz CT molecular complexity index is 450. The summed E-state index contributed by atoms with van der Waals surface area (Å²) < 4.78 is 0. The van der Waals surface area contributed by atoms with E-state index in [2.05, 4.69) is 34.1 Å². The monoisotopic (exact) mass is 306 g/mol. The fraction of sp³-hybridized carbons (Fsp3) is 0.647. The third-order valence-corrected chi connectivity index (χ3v) is 4.93. The fourth-order valence-corrected chi connectivity index (χ4v) is 3.60. The second-order valence-electron chi connectivity index (χ2n) is 6.61. The van der Waals surface area contributed by atoms with Gasteiger partial charge in [0.25, 0.3) is 0 Å². The van der Waals surface area contributed by atoms with Gasteiger partial charge in [-0.1, -0.05) is 18.2 Å². The Labute approximate surface area is 131 Å². The molecule has 1 aromatic carbocycles. The van der Waals surface area contributed by atoms with E-state index in [-0.39, 0.29) is 0 Å². The van der Waals surface area contributed by atoms with Gasteiger partial charge in [0.2, 0.25) is 0 Å². The van der Waals surface area contributed by atoms with Crippen molar-refractivity contribution in [1.29, 1.82) is 0 Å². The van der Waals surface area contributed by atoms with Crippen LogP contribution >= 0.6 is 0 Å². The minimum atomic E-state index is -1.00. The molecule has 0 unspecified atom stereocenters. The van der Waals surface area contributed by atoms with E-state index in [9.17, 15) is 15.3 Å². The van der Waals surface area contributed by atoms with Crippen molar-refractivity contribution in [3.63, 3.8) is 0 Å². The van der Waals surface area contributed by atoms with E-state index in [1.165, 1.54) is 5.69 Å². The molecule has 2 saturated heterocycles. The fourth-order valence-electron chi connectivity index (χ4n) is 3.60. The molecule has 0 amide bonds. The van der Waals surface area contributed by atoms with Gasteiger partial charge in [-0.15, -0.1) is 0 Å². The summed E-state index contributed by atoms with van der Waals surface area (Å²) in [6.07, 6.45) is -0.433. The minimum Gasteiger partial charge on any atom is -0.389 e. The lowest BCUT2D eigenvalue weighted by molar-refractivity contribution is -0.112. The molecule has 1 aromatic rings. The van der Waals surface area contributed by atoms with Gasteiger partial charge in [0.15, 0.2) is 0 Å². The first-order chi connectivity index (χ1) is 10.6. The van der Waals surface area contributed by atoms with Crippen LogP contribution in [0.2, 0.25) is 0 Å². The molecule has 0 bridgehead atoms. The highest BCUT2D eigenvalue weighted by Crippen LogP contribution is 2.24. The zero-order valence-electron chi connectivity index (χ0n) is 12.9. The van der Waals surface area contributed by atoms with Crippen molar-refractivity contribution < 1.29 is 15.3 Å². The Morgan fingerprint density at radius 3 is 2.09 bits per heavy atom. The molecule has 2 aliphatic heterocycles.